The number of benzene rings is 1. The van der Waals surface area contributed by atoms with Gasteiger partial charge in [-0.2, -0.15) is 0 Å². The predicted octanol–water partition coefficient (Wildman–Crippen LogP) is 2.82. The smallest absolute Gasteiger partial charge is 0.240 e. The van der Waals surface area contributed by atoms with Crippen LogP contribution in [0.3, 0.4) is 0 Å². The van der Waals surface area contributed by atoms with Gasteiger partial charge in [0.25, 0.3) is 0 Å². The maximum atomic E-state index is 13.0. The van der Waals surface area contributed by atoms with Crippen LogP contribution in [-0.4, -0.2) is 41.0 Å². The number of aromatic amines is 1. The van der Waals surface area contributed by atoms with E-state index in [1.807, 2.05) is 6.07 Å². The first-order valence-electron chi connectivity index (χ1n) is 9.56. The van der Waals surface area contributed by atoms with E-state index in [0.717, 1.165) is 37.0 Å². The molecule has 1 aromatic carbocycles. The molecule has 2 saturated heterocycles. The van der Waals surface area contributed by atoms with Crippen molar-refractivity contribution >= 4 is 16.8 Å². The van der Waals surface area contributed by atoms with E-state index in [1.54, 1.807) is 0 Å². The lowest BCUT2D eigenvalue weighted by atomic mass is 9.82. The minimum absolute atomic E-state index is 0.0453. The van der Waals surface area contributed by atoms with Crippen LogP contribution in [0.25, 0.3) is 10.9 Å². The Hall–Kier alpha value is -2.11. The first-order valence-corrected chi connectivity index (χ1v) is 9.56. The molecule has 1 amide bonds. The van der Waals surface area contributed by atoms with E-state index >= 15 is 0 Å². The largest absolute Gasteiger partial charge is 0.355 e. The van der Waals surface area contributed by atoms with Crippen molar-refractivity contribution in [1.29, 1.82) is 0 Å². The number of carbonyl (C=O) groups excluding carboxylic acids is 1. The molecule has 0 saturated carbocycles. The Labute approximate surface area is 153 Å². The summed E-state index contributed by atoms with van der Waals surface area (Å²) >= 11 is 0. The number of nitrogens with one attached hydrogen (secondary N) is 2. The number of H-pyrrole nitrogens is 1. The van der Waals surface area contributed by atoms with Crippen molar-refractivity contribution in [2.45, 2.75) is 50.9 Å². The Morgan fingerprint density at radius 1 is 1.38 bits per heavy atom. The van der Waals surface area contributed by atoms with Crippen LogP contribution in [0.1, 0.15) is 37.9 Å². The van der Waals surface area contributed by atoms with E-state index in [-0.39, 0.29) is 18.0 Å². The first kappa shape index (κ1) is 16.1. The van der Waals surface area contributed by atoms with Gasteiger partial charge in [-0.05, 0) is 44.7 Å². The van der Waals surface area contributed by atoms with Crippen LogP contribution >= 0.6 is 0 Å². The lowest BCUT2D eigenvalue weighted by molar-refractivity contribution is -0.175. The van der Waals surface area contributed by atoms with Gasteiger partial charge in [0.1, 0.15) is 0 Å². The maximum Gasteiger partial charge on any atom is 0.240 e. The van der Waals surface area contributed by atoms with Crippen LogP contribution in [0.2, 0.25) is 0 Å². The van der Waals surface area contributed by atoms with E-state index in [4.69, 9.17) is 4.74 Å². The van der Waals surface area contributed by atoms with Crippen LogP contribution in [-0.2, 0) is 21.7 Å². The first-order chi connectivity index (χ1) is 12.6. The third-order valence-corrected chi connectivity index (χ3v) is 6.09. The van der Waals surface area contributed by atoms with Gasteiger partial charge in [0.2, 0.25) is 5.91 Å². The second-order valence-electron chi connectivity index (χ2n) is 7.94. The Morgan fingerprint density at radius 2 is 2.23 bits per heavy atom. The highest BCUT2D eigenvalue weighted by Gasteiger charge is 2.58. The van der Waals surface area contributed by atoms with Gasteiger partial charge in [0.15, 0.2) is 5.72 Å². The van der Waals surface area contributed by atoms with Crippen LogP contribution in [0.4, 0.5) is 0 Å². The third kappa shape index (κ3) is 2.14. The van der Waals surface area contributed by atoms with Gasteiger partial charge < -0.3 is 14.6 Å². The number of para-hydroxylation sites is 1. The van der Waals surface area contributed by atoms with Gasteiger partial charge in [-0.1, -0.05) is 29.8 Å². The van der Waals surface area contributed by atoms with Crippen LogP contribution < -0.4 is 5.32 Å². The van der Waals surface area contributed by atoms with Crippen molar-refractivity contribution in [2.24, 2.45) is 0 Å². The van der Waals surface area contributed by atoms with Crippen molar-refractivity contribution in [2.75, 3.05) is 13.2 Å². The standard InChI is InChI=1S/C21H25N3O2/c1-13(2)9-11-26-21-18-8-5-10-24(18)20(25)17(23-21)12-15-14-6-3-4-7-16(14)22-19(15)21/h3-4,6-7,9,17-18,22-23H,5,8,10-12H2,1-2H3/t17-,18+,21+/m1/s1. The van der Waals surface area contributed by atoms with Crippen LogP contribution in [0.15, 0.2) is 35.9 Å². The SMILES string of the molecule is CC(C)=CCO[C@]12N[C@H](Cc3c1[nH]c1ccccc31)C(=O)N1CCC[C@H]12. The fourth-order valence-electron chi connectivity index (χ4n) is 4.93. The minimum atomic E-state index is -0.645. The van der Waals surface area contributed by atoms with Crippen molar-refractivity contribution in [1.82, 2.24) is 15.2 Å². The summed E-state index contributed by atoms with van der Waals surface area (Å²) in [6, 6.07) is 8.20. The fourth-order valence-corrected chi connectivity index (χ4v) is 4.93. The zero-order chi connectivity index (χ0) is 17.9. The van der Waals surface area contributed by atoms with Gasteiger partial charge >= 0.3 is 0 Å². The van der Waals surface area contributed by atoms with E-state index < -0.39 is 5.72 Å². The number of hydrogen-bond acceptors (Lipinski definition) is 3. The van der Waals surface area contributed by atoms with Gasteiger partial charge in [-0.3, -0.25) is 10.1 Å². The molecular weight excluding hydrogens is 326 g/mol. The number of fused-ring (bicyclic) bond motifs is 8. The lowest BCUT2D eigenvalue weighted by Crippen LogP contribution is -2.72. The molecular formula is C21H25N3O2. The number of carbonyl (C=O) groups is 1. The molecule has 0 spiro atoms. The zero-order valence-corrected chi connectivity index (χ0v) is 15.3. The molecule has 2 aromatic rings. The van der Waals surface area contributed by atoms with Gasteiger partial charge in [0, 0.05) is 17.4 Å². The molecule has 136 valence electrons. The summed E-state index contributed by atoms with van der Waals surface area (Å²) < 4.78 is 6.56. The molecule has 4 heterocycles. The molecule has 1 aromatic heterocycles. The van der Waals surface area contributed by atoms with Gasteiger partial charge in [0.05, 0.1) is 24.4 Å². The monoisotopic (exact) mass is 351 g/mol. The number of allylic oxidation sites excluding steroid dienone is 1. The number of ether oxygens (including phenoxy) is 1. The molecule has 2 fully saturated rings. The summed E-state index contributed by atoms with van der Waals surface area (Å²) in [6.45, 7) is 5.54. The molecule has 0 radical (unpaired) electrons. The average Bonchev–Trinajstić information content (AvgIpc) is 3.25. The Morgan fingerprint density at radius 3 is 3.08 bits per heavy atom. The molecule has 5 nitrogen and oxygen atoms in total. The minimum Gasteiger partial charge on any atom is -0.355 e. The number of piperazine rings is 1. The Bertz CT molecular complexity index is 911. The summed E-state index contributed by atoms with van der Waals surface area (Å²) in [7, 11) is 0. The molecule has 26 heavy (non-hydrogen) atoms. The number of hydrogen-bond donors (Lipinski definition) is 2. The Balaban J connectivity index is 1.69. The van der Waals surface area contributed by atoms with Gasteiger partial charge in [-0.25, -0.2) is 0 Å². The quantitative estimate of drug-likeness (QED) is 0.836. The lowest BCUT2D eigenvalue weighted by Gasteiger charge is -2.52. The molecule has 3 aliphatic heterocycles. The number of aromatic nitrogens is 1. The molecule has 3 aliphatic rings. The van der Waals surface area contributed by atoms with Crippen molar-refractivity contribution in [3.05, 3.63) is 47.2 Å². The average molecular weight is 351 g/mol. The number of nitrogens with zero attached hydrogens (tertiary/aromatic N) is 1. The van der Waals surface area contributed by atoms with Crippen molar-refractivity contribution < 1.29 is 9.53 Å². The molecule has 2 N–H and O–H groups in total. The third-order valence-electron chi connectivity index (χ3n) is 6.09. The summed E-state index contributed by atoms with van der Waals surface area (Å²) in [5.74, 6) is 0.227. The van der Waals surface area contributed by atoms with Crippen molar-refractivity contribution in [3.63, 3.8) is 0 Å². The highest BCUT2D eigenvalue weighted by Crippen LogP contribution is 2.46. The molecule has 5 rings (SSSR count). The van der Waals surface area contributed by atoms with Crippen LogP contribution in [0, 0.1) is 0 Å². The predicted molar refractivity (Wildman–Crippen MR) is 101 cm³/mol. The highest BCUT2D eigenvalue weighted by atomic mass is 16.5. The zero-order valence-electron chi connectivity index (χ0n) is 15.3. The molecule has 5 heteroatoms. The second-order valence-corrected chi connectivity index (χ2v) is 7.94. The Kier molecular flexibility index (Phi) is 3.52. The maximum absolute atomic E-state index is 13.0. The molecule has 0 unspecified atom stereocenters. The van der Waals surface area contributed by atoms with Crippen LogP contribution in [0.5, 0.6) is 0 Å². The number of amides is 1. The van der Waals surface area contributed by atoms with E-state index in [9.17, 15) is 4.79 Å². The summed E-state index contributed by atoms with van der Waals surface area (Å²) in [5, 5.41) is 4.82. The normalized spacial score (nSPS) is 29.6. The van der Waals surface area contributed by atoms with Gasteiger partial charge in [-0.15, -0.1) is 0 Å². The molecule has 3 atom stereocenters. The second kappa shape index (κ2) is 5.69. The fraction of sp³-hybridized carbons (Fsp3) is 0.476. The van der Waals surface area contributed by atoms with E-state index in [1.165, 1.54) is 16.5 Å². The molecule has 0 aliphatic carbocycles. The summed E-state index contributed by atoms with van der Waals surface area (Å²) in [5.41, 5.74) is 4.06. The topological polar surface area (TPSA) is 57.4 Å². The summed E-state index contributed by atoms with van der Waals surface area (Å²) in [4.78, 5) is 18.7. The number of rotatable bonds is 3. The summed E-state index contributed by atoms with van der Waals surface area (Å²) in [6.07, 6.45) is 4.83. The van der Waals surface area contributed by atoms with E-state index in [0.29, 0.717) is 6.61 Å². The highest BCUT2D eigenvalue weighted by molar-refractivity contribution is 5.90. The van der Waals surface area contributed by atoms with Crippen molar-refractivity contribution in [3.8, 4) is 0 Å². The molecule has 2 bridgehead atoms. The van der Waals surface area contributed by atoms with E-state index in [2.05, 4.69) is 53.3 Å².